The van der Waals surface area contributed by atoms with Gasteiger partial charge in [-0.15, -0.1) is 0 Å². The first-order chi connectivity index (χ1) is 11.6. The van der Waals surface area contributed by atoms with Crippen molar-refractivity contribution in [2.75, 3.05) is 11.9 Å². The zero-order valence-electron chi connectivity index (χ0n) is 13.4. The van der Waals surface area contributed by atoms with Crippen molar-refractivity contribution in [2.24, 2.45) is 0 Å². The fraction of sp³-hybridized carbons (Fsp3) is 0.462. The van der Waals surface area contributed by atoms with Crippen LogP contribution in [0.3, 0.4) is 0 Å². The minimum Gasteiger partial charge on any atom is -0.395 e. The highest BCUT2D eigenvalue weighted by atomic mass is 35.5. The molecule has 148 valence electrons. The molecule has 0 bridgehead atoms. The Balaban J connectivity index is 3.22. The Hall–Kier alpha value is -1.11. The number of aliphatic hydroxyl groups is 2. The van der Waals surface area contributed by atoms with Gasteiger partial charge in [-0.3, -0.25) is 4.79 Å². The molecule has 26 heavy (non-hydrogen) atoms. The van der Waals surface area contributed by atoms with Crippen LogP contribution in [0.1, 0.15) is 13.8 Å². The second-order valence-electron chi connectivity index (χ2n) is 5.47. The number of sulfonamides is 1. The zero-order valence-corrected chi connectivity index (χ0v) is 15.7. The number of halogens is 5. The monoisotopic (exact) mass is 438 g/mol. The molecule has 0 spiro atoms. The third-order valence-electron chi connectivity index (χ3n) is 3.21. The molecule has 13 heteroatoms. The number of rotatable bonds is 6. The van der Waals surface area contributed by atoms with Crippen LogP contribution in [0.25, 0.3) is 0 Å². The maximum absolute atomic E-state index is 12.7. The Bertz CT molecular complexity index is 800. The fourth-order valence-corrected chi connectivity index (χ4v) is 3.63. The van der Waals surface area contributed by atoms with E-state index in [2.05, 4.69) is 4.72 Å². The molecule has 1 aromatic carbocycles. The minimum absolute atomic E-state index is 0.247. The average molecular weight is 439 g/mol. The Morgan fingerprint density at radius 1 is 1.27 bits per heavy atom. The smallest absolute Gasteiger partial charge is 0.395 e. The van der Waals surface area contributed by atoms with Crippen molar-refractivity contribution in [2.45, 2.75) is 36.6 Å². The summed E-state index contributed by atoms with van der Waals surface area (Å²) in [4.78, 5) is 11.2. The van der Waals surface area contributed by atoms with Crippen molar-refractivity contribution < 1.29 is 36.6 Å². The van der Waals surface area contributed by atoms with Gasteiger partial charge in [-0.25, -0.2) is 13.1 Å². The van der Waals surface area contributed by atoms with E-state index in [1.807, 2.05) is 0 Å². The van der Waals surface area contributed by atoms with Crippen LogP contribution in [0.4, 0.5) is 18.9 Å². The van der Waals surface area contributed by atoms with Crippen LogP contribution in [0.2, 0.25) is 10.0 Å². The van der Waals surface area contributed by atoms with Crippen molar-refractivity contribution >= 4 is 44.8 Å². The van der Waals surface area contributed by atoms with E-state index < -0.39 is 61.0 Å². The van der Waals surface area contributed by atoms with Gasteiger partial charge in [-0.2, -0.15) is 13.2 Å². The number of nitrogens with one attached hydrogen (secondary N) is 2. The highest BCUT2D eigenvalue weighted by molar-refractivity contribution is 7.89. The van der Waals surface area contributed by atoms with Gasteiger partial charge in [0.05, 0.1) is 22.3 Å². The largest absolute Gasteiger partial charge is 0.426 e. The molecule has 0 aliphatic heterocycles. The van der Waals surface area contributed by atoms with E-state index in [9.17, 15) is 31.5 Å². The second kappa shape index (κ2) is 7.87. The summed E-state index contributed by atoms with van der Waals surface area (Å²) in [5.41, 5.74) is -4.13. The molecule has 0 saturated carbocycles. The van der Waals surface area contributed by atoms with Gasteiger partial charge in [0.2, 0.25) is 15.6 Å². The normalized spacial score (nSPS) is 16.0. The van der Waals surface area contributed by atoms with Crippen molar-refractivity contribution in [3.05, 3.63) is 22.2 Å². The van der Waals surface area contributed by atoms with E-state index in [-0.39, 0.29) is 6.92 Å². The van der Waals surface area contributed by atoms with Crippen LogP contribution in [0, 0.1) is 0 Å². The second-order valence-corrected chi connectivity index (χ2v) is 7.91. The SMILES string of the molecule is C[C@H](CO)NS(=O)(=O)c1ccc(NC(=O)[C@@](C)(O)C(F)(F)F)c(Cl)c1Cl. The van der Waals surface area contributed by atoms with Gasteiger partial charge in [0.15, 0.2) is 0 Å². The molecule has 0 aromatic heterocycles. The molecule has 1 amide bonds. The molecule has 2 atom stereocenters. The summed E-state index contributed by atoms with van der Waals surface area (Å²) < 4.78 is 64.4. The summed E-state index contributed by atoms with van der Waals surface area (Å²) in [5.74, 6) is -1.83. The Labute approximate surface area is 157 Å². The van der Waals surface area contributed by atoms with Gasteiger partial charge in [0.25, 0.3) is 5.91 Å². The molecule has 0 radical (unpaired) electrons. The quantitative estimate of drug-likeness (QED) is 0.541. The fourth-order valence-electron chi connectivity index (χ4n) is 1.57. The van der Waals surface area contributed by atoms with Crippen LogP contribution in [-0.4, -0.2) is 49.0 Å². The number of amides is 1. The molecule has 0 unspecified atom stereocenters. The molecule has 4 N–H and O–H groups in total. The average Bonchev–Trinajstić information content (AvgIpc) is 2.49. The number of carbonyl (C=O) groups excluding carboxylic acids is 1. The summed E-state index contributed by atoms with van der Waals surface area (Å²) >= 11 is 11.7. The van der Waals surface area contributed by atoms with Gasteiger partial charge >= 0.3 is 6.18 Å². The molecular formula is C13H15Cl2F3N2O5S. The number of benzene rings is 1. The van der Waals surface area contributed by atoms with Gasteiger partial charge in [0, 0.05) is 6.04 Å². The lowest BCUT2D eigenvalue weighted by atomic mass is 10.1. The van der Waals surface area contributed by atoms with E-state index in [0.717, 1.165) is 12.1 Å². The zero-order chi connectivity index (χ0) is 20.5. The minimum atomic E-state index is -5.25. The highest BCUT2D eigenvalue weighted by Gasteiger charge is 2.55. The van der Waals surface area contributed by atoms with Crippen molar-refractivity contribution in [3.8, 4) is 0 Å². The first-order valence-electron chi connectivity index (χ1n) is 6.87. The molecule has 0 saturated heterocycles. The third-order valence-corrected chi connectivity index (χ3v) is 5.83. The van der Waals surface area contributed by atoms with Crippen LogP contribution in [-0.2, 0) is 14.8 Å². The van der Waals surface area contributed by atoms with E-state index in [1.54, 1.807) is 5.32 Å². The molecule has 0 heterocycles. The van der Waals surface area contributed by atoms with Gasteiger partial charge in [0.1, 0.15) is 4.90 Å². The summed E-state index contributed by atoms with van der Waals surface area (Å²) in [5, 5.41) is 18.9. The maximum atomic E-state index is 12.7. The first-order valence-corrected chi connectivity index (χ1v) is 9.10. The lowest BCUT2D eigenvalue weighted by Gasteiger charge is -2.25. The van der Waals surface area contributed by atoms with E-state index >= 15 is 0 Å². The number of aliphatic hydroxyl groups excluding tert-OH is 1. The van der Waals surface area contributed by atoms with E-state index in [4.69, 9.17) is 28.3 Å². The summed E-state index contributed by atoms with van der Waals surface area (Å²) in [6.07, 6.45) is -5.25. The maximum Gasteiger partial charge on any atom is 0.426 e. The molecule has 0 aliphatic rings. The van der Waals surface area contributed by atoms with E-state index in [0.29, 0.717) is 0 Å². The number of hydrogen-bond acceptors (Lipinski definition) is 5. The lowest BCUT2D eigenvalue weighted by Crippen LogP contribution is -2.52. The number of anilines is 1. The first kappa shape index (κ1) is 22.9. The predicted octanol–water partition coefficient (Wildman–Crippen LogP) is 1.90. The topological polar surface area (TPSA) is 116 Å². The third kappa shape index (κ3) is 4.78. The number of alkyl halides is 3. The standard InChI is InChI=1S/C13H15Cl2F3N2O5S/c1-6(5-21)20-26(24,25)8-4-3-7(9(14)10(8)15)19-11(22)12(2,23)13(16,17)18/h3-4,6,20-21,23H,5H2,1-2H3,(H,19,22)/t6-,12-/m1/s1. The van der Waals surface area contributed by atoms with Crippen LogP contribution >= 0.6 is 23.2 Å². The Kier molecular flexibility index (Phi) is 6.94. The van der Waals surface area contributed by atoms with Gasteiger partial charge in [-0.1, -0.05) is 23.2 Å². The lowest BCUT2D eigenvalue weighted by molar-refractivity contribution is -0.242. The van der Waals surface area contributed by atoms with Gasteiger partial charge < -0.3 is 15.5 Å². The van der Waals surface area contributed by atoms with Crippen LogP contribution in [0.15, 0.2) is 17.0 Å². The van der Waals surface area contributed by atoms with Gasteiger partial charge in [-0.05, 0) is 26.0 Å². The number of hydrogen-bond donors (Lipinski definition) is 4. The van der Waals surface area contributed by atoms with Crippen LogP contribution < -0.4 is 10.0 Å². The molecule has 0 aliphatic carbocycles. The molecule has 1 aromatic rings. The van der Waals surface area contributed by atoms with Crippen molar-refractivity contribution in [1.29, 1.82) is 0 Å². The summed E-state index contributed by atoms with van der Waals surface area (Å²) in [6.45, 7) is 1.13. The Morgan fingerprint density at radius 2 is 1.81 bits per heavy atom. The van der Waals surface area contributed by atoms with Crippen molar-refractivity contribution in [1.82, 2.24) is 4.72 Å². The summed E-state index contributed by atoms with van der Waals surface area (Å²) in [7, 11) is -4.19. The molecule has 0 fully saturated rings. The highest BCUT2D eigenvalue weighted by Crippen LogP contribution is 2.37. The molecule has 7 nitrogen and oxygen atoms in total. The predicted molar refractivity (Wildman–Crippen MR) is 88.6 cm³/mol. The summed E-state index contributed by atoms with van der Waals surface area (Å²) in [6, 6.07) is 0.978. The molecule has 1 rings (SSSR count). The Morgan fingerprint density at radius 3 is 2.27 bits per heavy atom. The number of carbonyl (C=O) groups is 1. The van der Waals surface area contributed by atoms with Crippen molar-refractivity contribution in [3.63, 3.8) is 0 Å². The molecular weight excluding hydrogens is 424 g/mol. The van der Waals surface area contributed by atoms with Crippen LogP contribution in [0.5, 0.6) is 0 Å². The van der Waals surface area contributed by atoms with E-state index in [1.165, 1.54) is 6.92 Å².